The molecule has 0 amide bonds. The quantitative estimate of drug-likeness (QED) is 0.885. The molecule has 5 nitrogen and oxygen atoms in total. The number of hydrogen-bond acceptors (Lipinski definition) is 4. The predicted octanol–water partition coefficient (Wildman–Crippen LogP) is 2.85. The number of sulfonamides is 1. The summed E-state index contributed by atoms with van der Waals surface area (Å²) in [5.41, 5.74) is 3.67. The van der Waals surface area contributed by atoms with Crippen LogP contribution >= 0.6 is 0 Å². The van der Waals surface area contributed by atoms with Gasteiger partial charge in [0.25, 0.3) is 10.0 Å². The van der Waals surface area contributed by atoms with Gasteiger partial charge in [0.1, 0.15) is 12.4 Å². The highest BCUT2D eigenvalue weighted by Gasteiger charge is 2.23. The Hall–Kier alpha value is -2.05. The van der Waals surface area contributed by atoms with Gasteiger partial charge in [0.05, 0.1) is 4.90 Å². The molecular formula is C19H22N2O3S. The summed E-state index contributed by atoms with van der Waals surface area (Å²) in [4.78, 5) is 0.411. The van der Waals surface area contributed by atoms with Crippen molar-refractivity contribution in [2.45, 2.75) is 37.1 Å². The lowest BCUT2D eigenvalue weighted by Crippen LogP contribution is -2.18. The lowest BCUT2D eigenvalue weighted by Gasteiger charge is -2.20. The summed E-state index contributed by atoms with van der Waals surface area (Å²) >= 11 is 0. The largest absolute Gasteiger partial charge is 0.492 e. The minimum absolute atomic E-state index is 0.411. The zero-order valence-electron chi connectivity index (χ0n) is 14.0. The molecule has 132 valence electrons. The van der Waals surface area contributed by atoms with E-state index in [2.05, 4.69) is 10.0 Å². The molecule has 0 unspecified atom stereocenters. The van der Waals surface area contributed by atoms with Gasteiger partial charge in [-0.15, -0.1) is 0 Å². The summed E-state index contributed by atoms with van der Waals surface area (Å²) in [5.74, 6) is 0.810. The molecule has 1 heterocycles. The minimum atomic E-state index is -3.60. The number of nitrogens with one attached hydrogen (secondary N) is 2. The first-order valence-electron chi connectivity index (χ1n) is 8.73. The van der Waals surface area contributed by atoms with Crippen LogP contribution in [0.15, 0.2) is 41.3 Å². The molecule has 25 heavy (non-hydrogen) atoms. The van der Waals surface area contributed by atoms with E-state index in [-0.39, 0.29) is 0 Å². The molecule has 4 rings (SSSR count). The first-order chi connectivity index (χ1) is 12.1. The van der Waals surface area contributed by atoms with Crippen LogP contribution in [0.5, 0.6) is 5.75 Å². The molecule has 2 aromatic rings. The topological polar surface area (TPSA) is 67.4 Å². The molecule has 0 saturated heterocycles. The Labute approximate surface area is 148 Å². The standard InChI is InChI=1S/C19H22N2O3S/c22-25(23,19-7-3-5-14-4-1-2-6-17(14)19)21-16-8-9-18-15(12-16)13-20-10-11-24-18/h3,5,7-9,12,20-21H,1-2,4,6,10-11,13H2. The predicted molar refractivity (Wildman–Crippen MR) is 97.5 cm³/mol. The molecule has 0 saturated carbocycles. The maximum atomic E-state index is 13.0. The second-order valence-corrected chi connectivity index (χ2v) is 8.20. The van der Waals surface area contributed by atoms with Crippen molar-refractivity contribution in [3.8, 4) is 5.75 Å². The molecule has 0 aromatic heterocycles. The molecule has 1 aliphatic carbocycles. The van der Waals surface area contributed by atoms with Gasteiger partial charge in [-0.2, -0.15) is 0 Å². The summed E-state index contributed by atoms with van der Waals surface area (Å²) in [7, 11) is -3.60. The maximum absolute atomic E-state index is 13.0. The molecule has 0 atom stereocenters. The number of aryl methyl sites for hydroxylation is 1. The second kappa shape index (κ2) is 6.69. The Morgan fingerprint density at radius 3 is 2.84 bits per heavy atom. The van der Waals surface area contributed by atoms with Crippen molar-refractivity contribution in [3.05, 3.63) is 53.1 Å². The second-order valence-electron chi connectivity index (χ2n) is 6.55. The van der Waals surface area contributed by atoms with Crippen LogP contribution in [0.1, 0.15) is 29.5 Å². The fourth-order valence-corrected chi connectivity index (χ4v) is 4.95. The highest BCUT2D eigenvalue weighted by atomic mass is 32.2. The van der Waals surface area contributed by atoms with Gasteiger partial charge in [-0.3, -0.25) is 4.72 Å². The molecule has 0 radical (unpaired) electrons. The van der Waals surface area contributed by atoms with E-state index in [1.54, 1.807) is 12.1 Å². The van der Waals surface area contributed by atoms with Crippen molar-refractivity contribution in [3.63, 3.8) is 0 Å². The Morgan fingerprint density at radius 2 is 1.92 bits per heavy atom. The van der Waals surface area contributed by atoms with Gasteiger partial charge in [0.15, 0.2) is 0 Å². The van der Waals surface area contributed by atoms with E-state index in [4.69, 9.17) is 4.74 Å². The van der Waals surface area contributed by atoms with Crippen LogP contribution in [0.25, 0.3) is 0 Å². The Bertz CT molecular complexity index is 894. The third-order valence-electron chi connectivity index (χ3n) is 4.81. The maximum Gasteiger partial charge on any atom is 0.262 e. The molecular weight excluding hydrogens is 336 g/mol. The van der Waals surface area contributed by atoms with Crippen LogP contribution < -0.4 is 14.8 Å². The minimum Gasteiger partial charge on any atom is -0.492 e. The molecule has 2 aromatic carbocycles. The SMILES string of the molecule is O=S(=O)(Nc1ccc2c(c1)CNCCO2)c1cccc2c1CCCC2. The third kappa shape index (κ3) is 3.37. The molecule has 0 spiro atoms. The number of rotatable bonds is 3. The summed E-state index contributed by atoms with van der Waals surface area (Å²) in [6.45, 7) is 2.08. The molecule has 0 bridgehead atoms. The highest BCUT2D eigenvalue weighted by molar-refractivity contribution is 7.92. The Balaban J connectivity index is 1.65. The number of anilines is 1. The lowest BCUT2D eigenvalue weighted by molar-refractivity contribution is 0.326. The molecule has 2 N–H and O–H groups in total. The first-order valence-corrected chi connectivity index (χ1v) is 10.2. The zero-order chi connectivity index (χ0) is 17.3. The van der Waals surface area contributed by atoms with E-state index in [9.17, 15) is 8.42 Å². The molecule has 1 aliphatic heterocycles. The van der Waals surface area contributed by atoms with Crippen LogP contribution in [0, 0.1) is 0 Å². The summed E-state index contributed by atoms with van der Waals surface area (Å²) in [5, 5.41) is 3.26. The van der Waals surface area contributed by atoms with Crippen molar-refractivity contribution < 1.29 is 13.2 Å². The van der Waals surface area contributed by atoms with E-state index in [1.807, 2.05) is 24.3 Å². The van der Waals surface area contributed by atoms with Gasteiger partial charge in [-0.25, -0.2) is 8.42 Å². The zero-order valence-corrected chi connectivity index (χ0v) is 14.9. The van der Waals surface area contributed by atoms with Gasteiger partial charge >= 0.3 is 0 Å². The van der Waals surface area contributed by atoms with Gasteiger partial charge in [0.2, 0.25) is 0 Å². The van der Waals surface area contributed by atoms with Gasteiger partial charge in [-0.1, -0.05) is 12.1 Å². The van der Waals surface area contributed by atoms with Crippen molar-refractivity contribution in [1.82, 2.24) is 5.32 Å². The van der Waals surface area contributed by atoms with Crippen molar-refractivity contribution >= 4 is 15.7 Å². The van der Waals surface area contributed by atoms with Gasteiger partial charge in [0, 0.05) is 24.3 Å². The molecule has 0 fully saturated rings. The van der Waals surface area contributed by atoms with Crippen LogP contribution in [0.3, 0.4) is 0 Å². The average Bonchev–Trinajstić information content (AvgIpc) is 2.86. The highest BCUT2D eigenvalue weighted by Crippen LogP contribution is 2.30. The average molecular weight is 358 g/mol. The van der Waals surface area contributed by atoms with E-state index in [1.165, 1.54) is 0 Å². The summed E-state index contributed by atoms with van der Waals surface area (Å²) < 4.78 is 34.3. The van der Waals surface area contributed by atoms with E-state index < -0.39 is 10.0 Å². The van der Waals surface area contributed by atoms with Crippen LogP contribution in [-0.2, 0) is 29.4 Å². The fourth-order valence-electron chi connectivity index (χ4n) is 3.59. The first kappa shape index (κ1) is 16.4. The van der Waals surface area contributed by atoms with Gasteiger partial charge < -0.3 is 10.1 Å². The Kier molecular flexibility index (Phi) is 4.39. The van der Waals surface area contributed by atoms with Crippen molar-refractivity contribution in [2.75, 3.05) is 17.9 Å². The monoisotopic (exact) mass is 358 g/mol. The van der Waals surface area contributed by atoms with Crippen molar-refractivity contribution in [2.24, 2.45) is 0 Å². The van der Waals surface area contributed by atoms with Crippen LogP contribution in [-0.4, -0.2) is 21.6 Å². The number of ether oxygens (including phenoxy) is 1. The lowest BCUT2D eigenvalue weighted by atomic mass is 9.92. The normalized spacial score (nSPS) is 17.0. The number of hydrogen-bond donors (Lipinski definition) is 2. The van der Waals surface area contributed by atoms with Crippen LogP contribution in [0.2, 0.25) is 0 Å². The van der Waals surface area contributed by atoms with Gasteiger partial charge in [-0.05, 0) is 61.1 Å². The third-order valence-corrected chi connectivity index (χ3v) is 6.27. The van der Waals surface area contributed by atoms with Crippen molar-refractivity contribution in [1.29, 1.82) is 0 Å². The van der Waals surface area contributed by atoms with E-state index >= 15 is 0 Å². The van der Waals surface area contributed by atoms with E-state index in [0.717, 1.165) is 54.7 Å². The Morgan fingerprint density at radius 1 is 1.04 bits per heavy atom. The molecule has 2 aliphatic rings. The van der Waals surface area contributed by atoms with E-state index in [0.29, 0.717) is 23.7 Å². The number of fused-ring (bicyclic) bond motifs is 2. The smallest absolute Gasteiger partial charge is 0.262 e. The molecule has 6 heteroatoms. The summed E-state index contributed by atoms with van der Waals surface area (Å²) in [6.07, 6.45) is 3.96. The fraction of sp³-hybridized carbons (Fsp3) is 0.368. The van der Waals surface area contributed by atoms with Crippen LogP contribution in [0.4, 0.5) is 5.69 Å². The summed E-state index contributed by atoms with van der Waals surface area (Å²) in [6, 6.07) is 11.0. The number of benzene rings is 2.